The SMILES string of the molecule is Cn1cnc(CCNS(=O)(=O)c2csc(CN)c2)n1. The molecule has 0 aliphatic heterocycles. The minimum absolute atomic E-state index is 0.256. The molecule has 0 bridgehead atoms. The molecule has 2 aromatic rings. The van der Waals surface area contributed by atoms with E-state index < -0.39 is 10.0 Å². The van der Waals surface area contributed by atoms with Crippen LogP contribution in [0.1, 0.15) is 10.7 Å². The van der Waals surface area contributed by atoms with E-state index in [4.69, 9.17) is 5.73 Å². The minimum Gasteiger partial charge on any atom is -0.326 e. The molecule has 0 radical (unpaired) electrons. The first-order valence-electron chi connectivity index (χ1n) is 5.63. The monoisotopic (exact) mass is 301 g/mol. The third-order valence-corrected chi connectivity index (χ3v) is 4.98. The van der Waals surface area contributed by atoms with Gasteiger partial charge in [0.2, 0.25) is 10.0 Å². The van der Waals surface area contributed by atoms with Crippen LogP contribution >= 0.6 is 11.3 Å². The number of aryl methyl sites for hydroxylation is 1. The largest absolute Gasteiger partial charge is 0.326 e. The highest BCUT2D eigenvalue weighted by molar-refractivity contribution is 7.89. The lowest BCUT2D eigenvalue weighted by molar-refractivity contribution is 0.581. The third-order valence-electron chi connectivity index (χ3n) is 2.43. The molecule has 0 fully saturated rings. The molecule has 0 atom stereocenters. The van der Waals surface area contributed by atoms with Crippen molar-refractivity contribution in [2.75, 3.05) is 6.54 Å². The molecular weight excluding hydrogens is 286 g/mol. The molecular formula is C10H15N5O2S2. The van der Waals surface area contributed by atoms with E-state index in [2.05, 4.69) is 14.8 Å². The second-order valence-corrected chi connectivity index (χ2v) is 6.70. The summed E-state index contributed by atoms with van der Waals surface area (Å²) in [6.07, 6.45) is 2.03. The summed E-state index contributed by atoms with van der Waals surface area (Å²) in [6.45, 7) is 0.609. The number of hydrogen-bond donors (Lipinski definition) is 2. The fourth-order valence-electron chi connectivity index (χ4n) is 1.49. The highest BCUT2D eigenvalue weighted by Crippen LogP contribution is 2.18. The number of nitrogens with zero attached hydrogens (tertiary/aromatic N) is 3. The fraction of sp³-hybridized carbons (Fsp3) is 0.400. The van der Waals surface area contributed by atoms with Gasteiger partial charge in [-0.15, -0.1) is 11.3 Å². The molecule has 0 saturated carbocycles. The number of thiophene rings is 1. The van der Waals surface area contributed by atoms with Crippen molar-refractivity contribution in [1.82, 2.24) is 19.5 Å². The smallest absolute Gasteiger partial charge is 0.241 e. The summed E-state index contributed by atoms with van der Waals surface area (Å²) in [5.74, 6) is 0.609. The lowest BCUT2D eigenvalue weighted by atomic mass is 10.4. The highest BCUT2D eigenvalue weighted by Gasteiger charge is 2.15. The molecule has 2 aromatic heterocycles. The molecule has 9 heteroatoms. The van der Waals surface area contributed by atoms with Gasteiger partial charge in [-0.3, -0.25) is 4.68 Å². The van der Waals surface area contributed by atoms with Crippen LogP contribution in [0.2, 0.25) is 0 Å². The number of sulfonamides is 1. The van der Waals surface area contributed by atoms with E-state index in [1.807, 2.05) is 0 Å². The Labute approximate surface area is 115 Å². The molecule has 0 saturated heterocycles. The molecule has 2 rings (SSSR count). The van der Waals surface area contributed by atoms with E-state index >= 15 is 0 Å². The van der Waals surface area contributed by atoms with Gasteiger partial charge in [-0.25, -0.2) is 18.1 Å². The first-order chi connectivity index (χ1) is 9.01. The van der Waals surface area contributed by atoms with Crippen LogP contribution in [0, 0.1) is 0 Å². The topological polar surface area (TPSA) is 103 Å². The first-order valence-corrected chi connectivity index (χ1v) is 7.99. The van der Waals surface area contributed by atoms with Gasteiger partial charge in [-0.05, 0) is 6.07 Å². The average Bonchev–Trinajstić information content (AvgIpc) is 2.98. The lowest BCUT2D eigenvalue weighted by Gasteiger charge is -2.02. The van der Waals surface area contributed by atoms with E-state index in [0.29, 0.717) is 18.8 Å². The zero-order chi connectivity index (χ0) is 13.9. The van der Waals surface area contributed by atoms with Crippen molar-refractivity contribution >= 4 is 21.4 Å². The average molecular weight is 301 g/mol. The van der Waals surface area contributed by atoms with Crippen LogP contribution in [-0.4, -0.2) is 29.7 Å². The molecule has 19 heavy (non-hydrogen) atoms. The second kappa shape index (κ2) is 5.78. The minimum atomic E-state index is -3.47. The highest BCUT2D eigenvalue weighted by atomic mass is 32.2. The Morgan fingerprint density at radius 2 is 2.32 bits per heavy atom. The predicted octanol–water partition coefficient (Wildman–Crippen LogP) is -0.144. The maximum atomic E-state index is 12.0. The van der Waals surface area contributed by atoms with Gasteiger partial charge in [0.05, 0.1) is 4.90 Å². The quantitative estimate of drug-likeness (QED) is 0.773. The molecule has 104 valence electrons. The van der Waals surface area contributed by atoms with Crippen LogP contribution in [0.4, 0.5) is 0 Å². The van der Waals surface area contributed by atoms with Crippen LogP contribution in [0.5, 0.6) is 0 Å². The molecule has 2 heterocycles. The van der Waals surface area contributed by atoms with Gasteiger partial charge in [0.1, 0.15) is 6.33 Å². The van der Waals surface area contributed by atoms with Gasteiger partial charge in [-0.1, -0.05) is 0 Å². The number of rotatable bonds is 6. The van der Waals surface area contributed by atoms with E-state index in [1.165, 1.54) is 11.3 Å². The normalized spacial score (nSPS) is 11.9. The Balaban J connectivity index is 1.94. The first kappa shape index (κ1) is 14.1. The summed E-state index contributed by atoms with van der Waals surface area (Å²) >= 11 is 1.34. The molecule has 0 aliphatic rings. The van der Waals surface area contributed by atoms with Crippen molar-refractivity contribution in [3.05, 3.63) is 28.5 Å². The Hall–Kier alpha value is -1.29. The molecule has 0 aromatic carbocycles. The standard InChI is InChI=1S/C10H15N5O2S2/c1-15-7-12-10(14-15)2-3-13-19(16,17)9-4-8(5-11)18-6-9/h4,6-7,13H,2-3,5,11H2,1H3. The maximum Gasteiger partial charge on any atom is 0.241 e. The van der Waals surface area contributed by atoms with Crippen LogP contribution in [0.25, 0.3) is 0 Å². The summed E-state index contributed by atoms with van der Waals surface area (Å²) in [5.41, 5.74) is 5.46. The summed E-state index contributed by atoms with van der Waals surface area (Å²) in [6, 6.07) is 1.59. The van der Waals surface area contributed by atoms with Crippen LogP contribution < -0.4 is 10.5 Å². The predicted molar refractivity (Wildman–Crippen MR) is 72.1 cm³/mol. The summed E-state index contributed by atoms with van der Waals surface area (Å²) in [4.78, 5) is 5.12. The molecule has 3 N–H and O–H groups in total. The zero-order valence-electron chi connectivity index (χ0n) is 10.4. The maximum absolute atomic E-state index is 12.0. The van der Waals surface area contributed by atoms with Gasteiger partial charge in [-0.2, -0.15) is 5.10 Å². The van der Waals surface area contributed by atoms with Gasteiger partial charge < -0.3 is 5.73 Å². The number of hydrogen-bond acceptors (Lipinski definition) is 6. The van der Waals surface area contributed by atoms with Crippen LogP contribution in [-0.2, 0) is 30.0 Å². The van der Waals surface area contributed by atoms with Crippen molar-refractivity contribution in [1.29, 1.82) is 0 Å². The van der Waals surface area contributed by atoms with Gasteiger partial charge >= 0.3 is 0 Å². The van der Waals surface area contributed by atoms with Crippen molar-refractivity contribution in [3.63, 3.8) is 0 Å². The second-order valence-electron chi connectivity index (χ2n) is 3.94. The van der Waals surface area contributed by atoms with Crippen molar-refractivity contribution < 1.29 is 8.42 Å². The van der Waals surface area contributed by atoms with Gasteiger partial charge in [0, 0.05) is 36.8 Å². The molecule has 0 spiro atoms. The molecule has 0 amide bonds. The van der Waals surface area contributed by atoms with E-state index in [0.717, 1.165) is 4.88 Å². The Morgan fingerprint density at radius 1 is 1.53 bits per heavy atom. The summed E-state index contributed by atoms with van der Waals surface area (Å²) in [5, 5.41) is 5.66. The number of nitrogens with one attached hydrogen (secondary N) is 1. The number of aromatic nitrogens is 3. The van der Waals surface area contributed by atoms with Crippen molar-refractivity contribution in [3.8, 4) is 0 Å². The summed E-state index contributed by atoms with van der Waals surface area (Å²) in [7, 11) is -1.71. The summed E-state index contributed by atoms with van der Waals surface area (Å²) < 4.78 is 28.0. The van der Waals surface area contributed by atoms with Crippen molar-refractivity contribution in [2.24, 2.45) is 12.8 Å². The van der Waals surface area contributed by atoms with Gasteiger partial charge in [0.15, 0.2) is 5.82 Å². The zero-order valence-corrected chi connectivity index (χ0v) is 12.0. The Kier molecular flexibility index (Phi) is 4.30. The van der Waals surface area contributed by atoms with Crippen molar-refractivity contribution in [2.45, 2.75) is 17.9 Å². The van der Waals surface area contributed by atoms with E-state index in [-0.39, 0.29) is 11.4 Å². The van der Waals surface area contributed by atoms with Gasteiger partial charge in [0.25, 0.3) is 0 Å². The van der Waals surface area contributed by atoms with Crippen LogP contribution in [0.3, 0.4) is 0 Å². The molecule has 0 aliphatic carbocycles. The lowest BCUT2D eigenvalue weighted by Crippen LogP contribution is -2.26. The fourth-order valence-corrected chi connectivity index (χ4v) is 3.67. The van der Waals surface area contributed by atoms with E-state index in [1.54, 1.807) is 29.5 Å². The van der Waals surface area contributed by atoms with Crippen LogP contribution in [0.15, 0.2) is 22.7 Å². The molecule has 7 nitrogen and oxygen atoms in total. The van der Waals surface area contributed by atoms with E-state index in [9.17, 15) is 8.42 Å². The number of nitrogens with two attached hydrogens (primary N) is 1. The Morgan fingerprint density at radius 3 is 2.89 bits per heavy atom. The third kappa shape index (κ3) is 3.60. The molecule has 0 unspecified atom stereocenters. The Bertz CT molecular complexity index is 646.